The van der Waals surface area contributed by atoms with Crippen LogP contribution in [0.5, 0.6) is 11.5 Å². The lowest BCUT2D eigenvalue weighted by Crippen LogP contribution is -2.09. The first-order valence-corrected chi connectivity index (χ1v) is 8.03. The summed E-state index contributed by atoms with van der Waals surface area (Å²) in [7, 11) is 1.57. The van der Waals surface area contributed by atoms with E-state index in [9.17, 15) is 13.6 Å². The maximum Gasteiger partial charge on any atom is 0.363 e. The number of ether oxygens (including phenoxy) is 3. The molecule has 4 rings (SSSR count). The second-order valence-corrected chi connectivity index (χ2v) is 5.87. The van der Waals surface area contributed by atoms with Crippen molar-refractivity contribution in [1.82, 2.24) is 0 Å². The van der Waals surface area contributed by atoms with Crippen molar-refractivity contribution in [3.63, 3.8) is 0 Å². The molecule has 2 aliphatic rings. The molecule has 5 nitrogen and oxygen atoms in total. The molecular weight excluding hydrogens is 356 g/mol. The number of hydrogen-bond donors (Lipinski definition) is 0. The number of fused-ring (bicyclic) bond motifs is 1. The number of carbonyl (C=O) groups excluding carboxylic acids is 1. The summed E-state index contributed by atoms with van der Waals surface area (Å²) in [6, 6.07) is 8.35. The third-order valence-electron chi connectivity index (χ3n) is 4.06. The van der Waals surface area contributed by atoms with Crippen molar-refractivity contribution in [3.05, 3.63) is 76.5 Å². The Morgan fingerprint density at radius 2 is 2.04 bits per heavy atom. The lowest BCUT2D eigenvalue weighted by Gasteiger charge is -2.16. The standard InChI is InChI=1S/C20H13F2NO4/c1-25-14-4-2-12-6-11(10-26-18(12)9-14)7-17-20(24)27-19(23-17)15-5-3-13(21)8-16(15)22/h2-9H,10H2,1H3/b17-7-. The fourth-order valence-corrected chi connectivity index (χ4v) is 2.73. The summed E-state index contributed by atoms with van der Waals surface area (Å²) >= 11 is 0. The molecule has 2 heterocycles. The second kappa shape index (κ2) is 6.68. The first-order valence-electron chi connectivity index (χ1n) is 8.03. The van der Waals surface area contributed by atoms with Gasteiger partial charge in [0.1, 0.15) is 29.7 Å². The fourth-order valence-electron chi connectivity index (χ4n) is 2.73. The van der Waals surface area contributed by atoms with Gasteiger partial charge in [-0.1, -0.05) is 0 Å². The molecule has 0 bridgehead atoms. The third-order valence-corrected chi connectivity index (χ3v) is 4.06. The SMILES string of the molecule is COc1ccc2c(c1)OCC(/C=C1\N=C(c3ccc(F)cc3F)OC1=O)=C2. The summed E-state index contributed by atoms with van der Waals surface area (Å²) in [5.74, 6) is -1.15. The molecule has 0 amide bonds. The number of esters is 1. The second-order valence-electron chi connectivity index (χ2n) is 5.87. The van der Waals surface area contributed by atoms with Crippen LogP contribution < -0.4 is 9.47 Å². The van der Waals surface area contributed by atoms with E-state index in [1.54, 1.807) is 19.2 Å². The molecule has 0 saturated heterocycles. The van der Waals surface area contributed by atoms with Crippen LogP contribution in [0.2, 0.25) is 0 Å². The van der Waals surface area contributed by atoms with Crippen LogP contribution >= 0.6 is 0 Å². The molecule has 27 heavy (non-hydrogen) atoms. The van der Waals surface area contributed by atoms with Crippen LogP contribution in [0.4, 0.5) is 8.78 Å². The van der Waals surface area contributed by atoms with E-state index < -0.39 is 17.6 Å². The van der Waals surface area contributed by atoms with Gasteiger partial charge in [0.15, 0.2) is 5.70 Å². The maximum atomic E-state index is 13.9. The monoisotopic (exact) mass is 369 g/mol. The van der Waals surface area contributed by atoms with Gasteiger partial charge in [0, 0.05) is 17.7 Å². The van der Waals surface area contributed by atoms with Crippen molar-refractivity contribution < 1.29 is 27.8 Å². The van der Waals surface area contributed by atoms with Crippen LogP contribution in [0.15, 0.2) is 58.7 Å². The van der Waals surface area contributed by atoms with Gasteiger partial charge < -0.3 is 14.2 Å². The highest BCUT2D eigenvalue weighted by Crippen LogP contribution is 2.31. The van der Waals surface area contributed by atoms with E-state index in [1.807, 2.05) is 12.1 Å². The maximum absolute atomic E-state index is 13.9. The van der Waals surface area contributed by atoms with Crippen molar-refractivity contribution >= 4 is 17.9 Å². The van der Waals surface area contributed by atoms with E-state index in [2.05, 4.69) is 4.99 Å². The Labute approximate surface area is 153 Å². The van der Waals surface area contributed by atoms with Crippen LogP contribution in [0.1, 0.15) is 11.1 Å². The summed E-state index contributed by atoms with van der Waals surface area (Å²) < 4.78 is 42.8. The molecule has 0 spiro atoms. The summed E-state index contributed by atoms with van der Waals surface area (Å²) in [4.78, 5) is 16.1. The average molecular weight is 369 g/mol. The van der Waals surface area contributed by atoms with Crippen molar-refractivity contribution in [2.75, 3.05) is 13.7 Å². The van der Waals surface area contributed by atoms with Crippen LogP contribution in [0.25, 0.3) is 6.08 Å². The zero-order valence-electron chi connectivity index (χ0n) is 14.2. The molecule has 0 unspecified atom stereocenters. The molecule has 7 heteroatoms. The number of nitrogens with zero attached hydrogens (tertiary/aromatic N) is 1. The third kappa shape index (κ3) is 3.31. The number of rotatable bonds is 3. The van der Waals surface area contributed by atoms with Crippen LogP contribution in [0.3, 0.4) is 0 Å². The van der Waals surface area contributed by atoms with E-state index in [4.69, 9.17) is 14.2 Å². The molecule has 2 aromatic carbocycles. The number of methoxy groups -OCH3 is 1. The van der Waals surface area contributed by atoms with Gasteiger partial charge in [-0.2, -0.15) is 0 Å². The van der Waals surface area contributed by atoms with Gasteiger partial charge in [-0.15, -0.1) is 0 Å². The Morgan fingerprint density at radius 3 is 2.81 bits per heavy atom. The van der Waals surface area contributed by atoms with E-state index in [-0.39, 0.29) is 23.8 Å². The van der Waals surface area contributed by atoms with Crippen LogP contribution in [-0.2, 0) is 9.53 Å². The molecule has 0 aromatic heterocycles. The van der Waals surface area contributed by atoms with Gasteiger partial charge in [0.2, 0.25) is 5.90 Å². The Bertz CT molecular complexity index is 1040. The number of cyclic esters (lactones) is 1. The number of carbonyl (C=O) groups is 1. The zero-order chi connectivity index (χ0) is 19.0. The highest BCUT2D eigenvalue weighted by Gasteiger charge is 2.27. The largest absolute Gasteiger partial charge is 0.497 e. The van der Waals surface area contributed by atoms with Crippen molar-refractivity contribution in [2.24, 2.45) is 4.99 Å². The predicted octanol–water partition coefficient (Wildman–Crippen LogP) is 3.64. The van der Waals surface area contributed by atoms with E-state index in [0.29, 0.717) is 23.1 Å². The van der Waals surface area contributed by atoms with Gasteiger partial charge in [0.05, 0.1) is 12.7 Å². The topological polar surface area (TPSA) is 57.1 Å². The number of benzene rings is 2. The van der Waals surface area contributed by atoms with E-state index in [0.717, 1.165) is 11.6 Å². The minimum Gasteiger partial charge on any atom is -0.497 e. The van der Waals surface area contributed by atoms with E-state index >= 15 is 0 Å². The first kappa shape index (κ1) is 17.0. The Balaban J connectivity index is 1.64. The fraction of sp³-hybridized carbons (Fsp3) is 0.100. The summed E-state index contributed by atoms with van der Waals surface area (Å²) in [5, 5.41) is 0. The van der Waals surface area contributed by atoms with Crippen LogP contribution in [0, 0.1) is 11.6 Å². The smallest absolute Gasteiger partial charge is 0.363 e. The molecule has 136 valence electrons. The van der Waals surface area contributed by atoms with Gasteiger partial charge in [-0.25, -0.2) is 18.6 Å². The minimum absolute atomic E-state index is 0.0144. The van der Waals surface area contributed by atoms with Crippen molar-refractivity contribution in [2.45, 2.75) is 0 Å². The molecule has 0 N–H and O–H groups in total. The average Bonchev–Trinajstić information content (AvgIpc) is 3.01. The van der Waals surface area contributed by atoms with Gasteiger partial charge in [-0.3, -0.25) is 0 Å². The molecule has 0 radical (unpaired) electrons. The zero-order valence-corrected chi connectivity index (χ0v) is 14.2. The van der Waals surface area contributed by atoms with Gasteiger partial charge >= 0.3 is 5.97 Å². The van der Waals surface area contributed by atoms with Crippen LogP contribution in [-0.4, -0.2) is 25.6 Å². The Hall–Kier alpha value is -3.48. The van der Waals surface area contributed by atoms with E-state index in [1.165, 1.54) is 12.1 Å². The number of aliphatic imine (C=N–C) groups is 1. The quantitative estimate of drug-likeness (QED) is 0.612. The lowest BCUT2D eigenvalue weighted by atomic mass is 10.1. The number of halogens is 2. The van der Waals surface area contributed by atoms with Crippen molar-refractivity contribution in [3.8, 4) is 11.5 Å². The molecule has 0 aliphatic carbocycles. The van der Waals surface area contributed by atoms with Gasteiger partial charge in [0.25, 0.3) is 0 Å². The highest BCUT2D eigenvalue weighted by atomic mass is 19.1. The Morgan fingerprint density at radius 1 is 1.19 bits per heavy atom. The lowest BCUT2D eigenvalue weighted by molar-refractivity contribution is -0.130. The Kier molecular flexibility index (Phi) is 4.19. The molecule has 0 fully saturated rings. The molecule has 0 atom stereocenters. The molecular formula is C20H13F2NO4. The van der Waals surface area contributed by atoms with Crippen molar-refractivity contribution in [1.29, 1.82) is 0 Å². The first-order chi connectivity index (χ1) is 13.0. The molecule has 2 aliphatic heterocycles. The van der Waals surface area contributed by atoms with Gasteiger partial charge in [-0.05, 0) is 42.0 Å². The number of hydrogen-bond acceptors (Lipinski definition) is 5. The minimum atomic E-state index is -0.856. The molecule has 2 aromatic rings. The summed E-state index contributed by atoms with van der Waals surface area (Å²) in [6.45, 7) is 0.229. The summed E-state index contributed by atoms with van der Waals surface area (Å²) in [6.07, 6.45) is 3.37. The molecule has 0 saturated carbocycles. The summed E-state index contributed by atoms with van der Waals surface area (Å²) in [5.41, 5.74) is 1.46. The highest BCUT2D eigenvalue weighted by molar-refractivity contribution is 6.11. The normalized spacial score (nSPS) is 17.0. The predicted molar refractivity (Wildman–Crippen MR) is 93.5 cm³/mol.